The molecule has 1 amide bonds. The molecule has 1 atom stereocenters. The average molecular weight is 341 g/mol. The van der Waals surface area contributed by atoms with Crippen molar-refractivity contribution in [2.24, 2.45) is 0 Å². The summed E-state index contributed by atoms with van der Waals surface area (Å²) < 4.78 is 7.30. The summed E-state index contributed by atoms with van der Waals surface area (Å²) in [7, 11) is 0. The molecule has 6 nitrogen and oxygen atoms in total. The van der Waals surface area contributed by atoms with Gasteiger partial charge in [0.15, 0.2) is 5.16 Å². The second-order valence-corrected chi connectivity index (χ2v) is 6.70. The van der Waals surface area contributed by atoms with Crippen molar-refractivity contribution in [3.63, 3.8) is 0 Å². The summed E-state index contributed by atoms with van der Waals surface area (Å²) in [6.07, 6.45) is 1.35. The molecular weight excluding hydrogens is 326 g/mol. The number of rotatable bonds is 3. The van der Waals surface area contributed by atoms with Crippen LogP contribution in [0.15, 0.2) is 50.9 Å². The zero-order valence-corrected chi connectivity index (χ0v) is 13.8. The second kappa shape index (κ2) is 5.83. The van der Waals surface area contributed by atoms with Crippen LogP contribution in [0.3, 0.4) is 0 Å². The third-order valence-electron chi connectivity index (χ3n) is 4.02. The number of nitrogens with zero attached hydrogens (tertiary/aromatic N) is 2. The third-order valence-corrected chi connectivity index (χ3v) is 4.99. The predicted molar refractivity (Wildman–Crippen MR) is 91.3 cm³/mol. The number of fused-ring (bicyclic) bond motifs is 2. The van der Waals surface area contributed by atoms with Crippen LogP contribution >= 0.6 is 11.8 Å². The van der Waals surface area contributed by atoms with Gasteiger partial charge >= 0.3 is 0 Å². The number of amides is 1. The third kappa shape index (κ3) is 2.50. The number of carbonyl (C=O) groups excluding carboxylic acids is 1. The highest BCUT2D eigenvalue weighted by Crippen LogP contribution is 2.24. The highest BCUT2D eigenvalue weighted by molar-refractivity contribution is 7.99. The van der Waals surface area contributed by atoms with E-state index < -0.39 is 5.91 Å². The van der Waals surface area contributed by atoms with Crippen molar-refractivity contribution < 1.29 is 9.21 Å². The van der Waals surface area contributed by atoms with Crippen LogP contribution in [0.4, 0.5) is 0 Å². The standard InChI is InChI=1S/C17H15N3O3S/c1-10(14-8-11-4-2-3-5-13(11)23-14)19-15(21)12-9-18-17-20(16(12)22)6-7-24-17/h2-5,8-10H,6-7H2,1H3,(H,19,21). The average Bonchev–Trinajstić information content (AvgIpc) is 3.21. The molecule has 0 saturated heterocycles. The molecule has 7 heteroatoms. The molecule has 2 aromatic heterocycles. The Kier molecular flexibility index (Phi) is 3.65. The van der Waals surface area contributed by atoms with Crippen molar-refractivity contribution in [2.45, 2.75) is 24.7 Å². The number of hydrogen-bond acceptors (Lipinski definition) is 5. The van der Waals surface area contributed by atoms with Crippen LogP contribution in [-0.4, -0.2) is 21.2 Å². The molecule has 0 bridgehead atoms. The molecule has 1 aliphatic heterocycles. The SMILES string of the molecule is CC(NC(=O)c1cnc2n(c1=O)CCS2)c1cc2ccccc2o1. The molecule has 1 N–H and O–H groups in total. The smallest absolute Gasteiger partial charge is 0.267 e. The maximum absolute atomic E-state index is 12.5. The maximum Gasteiger partial charge on any atom is 0.267 e. The largest absolute Gasteiger partial charge is 0.459 e. The van der Waals surface area contributed by atoms with Gasteiger partial charge < -0.3 is 9.73 Å². The van der Waals surface area contributed by atoms with E-state index in [-0.39, 0.29) is 17.2 Å². The van der Waals surface area contributed by atoms with Gasteiger partial charge in [0.05, 0.1) is 6.04 Å². The fraction of sp³-hybridized carbons (Fsp3) is 0.235. The predicted octanol–water partition coefficient (Wildman–Crippen LogP) is 2.59. The number of aromatic nitrogens is 2. The first kappa shape index (κ1) is 15.0. The zero-order chi connectivity index (χ0) is 16.7. The first-order chi connectivity index (χ1) is 11.6. The van der Waals surface area contributed by atoms with Gasteiger partial charge in [-0.25, -0.2) is 4.98 Å². The van der Waals surface area contributed by atoms with E-state index in [4.69, 9.17) is 4.42 Å². The van der Waals surface area contributed by atoms with Crippen LogP contribution in [0.2, 0.25) is 0 Å². The number of furan rings is 1. The Balaban J connectivity index is 1.58. The van der Waals surface area contributed by atoms with Crippen LogP contribution in [0.25, 0.3) is 11.0 Å². The van der Waals surface area contributed by atoms with Crippen molar-refractivity contribution in [2.75, 3.05) is 5.75 Å². The van der Waals surface area contributed by atoms with Gasteiger partial charge in [0, 0.05) is 23.9 Å². The number of benzene rings is 1. The summed E-state index contributed by atoms with van der Waals surface area (Å²) in [6.45, 7) is 2.41. The fourth-order valence-electron chi connectivity index (χ4n) is 2.73. The molecule has 0 spiro atoms. The van der Waals surface area contributed by atoms with Crippen molar-refractivity contribution in [1.29, 1.82) is 0 Å². The molecule has 122 valence electrons. The molecule has 1 aromatic carbocycles. The molecule has 1 aliphatic rings. The summed E-state index contributed by atoms with van der Waals surface area (Å²) in [5.74, 6) is 1.02. The number of carbonyl (C=O) groups is 1. The Morgan fingerprint density at radius 1 is 1.42 bits per heavy atom. The molecule has 0 radical (unpaired) electrons. The lowest BCUT2D eigenvalue weighted by Crippen LogP contribution is -2.34. The van der Waals surface area contributed by atoms with Gasteiger partial charge in [-0.2, -0.15) is 0 Å². The number of hydrogen-bond donors (Lipinski definition) is 1. The Hall–Kier alpha value is -2.54. The van der Waals surface area contributed by atoms with E-state index in [0.717, 1.165) is 16.7 Å². The van der Waals surface area contributed by atoms with E-state index >= 15 is 0 Å². The van der Waals surface area contributed by atoms with Gasteiger partial charge in [0.2, 0.25) is 0 Å². The number of thioether (sulfide) groups is 1. The van der Waals surface area contributed by atoms with E-state index in [1.54, 1.807) is 4.57 Å². The van der Waals surface area contributed by atoms with Crippen molar-refractivity contribution in [1.82, 2.24) is 14.9 Å². The lowest BCUT2D eigenvalue weighted by Gasteiger charge is -2.11. The van der Waals surface area contributed by atoms with Gasteiger partial charge in [-0.05, 0) is 19.1 Å². The molecule has 0 saturated carbocycles. The van der Waals surface area contributed by atoms with Crippen molar-refractivity contribution in [3.05, 3.63) is 58.2 Å². The summed E-state index contributed by atoms with van der Waals surface area (Å²) >= 11 is 1.52. The lowest BCUT2D eigenvalue weighted by molar-refractivity contribution is 0.0932. The van der Waals surface area contributed by atoms with E-state index in [9.17, 15) is 9.59 Å². The summed E-state index contributed by atoms with van der Waals surface area (Å²) in [4.78, 5) is 29.0. The second-order valence-electron chi connectivity index (χ2n) is 5.64. The van der Waals surface area contributed by atoms with Crippen LogP contribution in [0.1, 0.15) is 29.1 Å². The molecule has 4 rings (SSSR count). The highest BCUT2D eigenvalue weighted by atomic mass is 32.2. The number of para-hydroxylation sites is 1. The topological polar surface area (TPSA) is 77.1 Å². The van der Waals surface area contributed by atoms with Gasteiger partial charge in [-0.15, -0.1) is 0 Å². The maximum atomic E-state index is 12.5. The Morgan fingerprint density at radius 3 is 3.08 bits per heavy atom. The molecule has 1 unspecified atom stereocenters. The first-order valence-electron chi connectivity index (χ1n) is 7.65. The molecule has 0 aliphatic carbocycles. The zero-order valence-electron chi connectivity index (χ0n) is 13.0. The molecule has 3 aromatic rings. The van der Waals surface area contributed by atoms with E-state index in [2.05, 4.69) is 10.3 Å². The van der Waals surface area contributed by atoms with Crippen LogP contribution in [-0.2, 0) is 6.54 Å². The Morgan fingerprint density at radius 2 is 2.25 bits per heavy atom. The molecule has 3 heterocycles. The Labute approximate surface area is 141 Å². The van der Waals surface area contributed by atoms with E-state index in [1.165, 1.54) is 18.0 Å². The van der Waals surface area contributed by atoms with E-state index in [0.29, 0.717) is 17.5 Å². The van der Waals surface area contributed by atoms with Gasteiger partial charge in [0.25, 0.3) is 11.5 Å². The minimum atomic E-state index is -0.437. The summed E-state index contributed by atoms with van der Waals surface area (Å²) in [5, 5.41) is 4.46. The van der Waals surface area contributed by atoms with Crippen molar-refractivity contribution in [3.8, 4) is 0 Å². The Bertz CT molecular complexity index is 959. The monoisotopic (exact) mass is 341 g/mol. The van der Waals surface area contributed by atoms with Gasteiger partial charge in [-0.1, -0.05) is 30.0 Å². The van der Waals surface area contributed by atoms with Gasteiger partial charge in [-0.3, -0.25) is 14.2 Å². The quantitative estimate of drug-likeness (QED) is 0.741. The minimum Gasteiger partial charge on any atom is -0.459 e. The van der Waals surface area contributed by atoms with Gasteiger partial charge in [0.1, 0.15) is 16.9 Å². The normalized spacial score (nSPS) is 14.5. The molecular formula is C17H15N3O3S. The van der Waals surface area contributed by atoms with Crippen LogP contribution in [0.5, 0.6) is 0 Å². The number of nitrogens with one attached hydrogen (secondary N) is 1. The van der Waals surface area contributed by atoms with E-state index in [1.807, 2.05) is 37.3 Å². The molecule has 24 heavy (non-hydrogen) atoms. The summed E-state index contributed by atoms with van der Waals surface area (Å²) in [5.41, 5.74) is 0.536. The lowest BCUT2D eigenvalue weighted by atomic mass is 10.2. The fourth-order valence-corrected chi connectivity index (χ4v) is 3.65. The van der Waals surface area contributed by atoms with Crippen LogP contribution < -0.4 is 10.9 Å². The van der Waals surface area contributed by atoms with Crippen LogP contribution in [0, 0.1) is 0 Å². The van der Waals surface area contributed by atoms with Crippen molar-refractivity contribution >= 4 is 28.6 Å². The minimum absolute atomic E-state index is 0.0595. The first-order valence-corrected chi connectivity index (χ1v) is 8.64. The summed E-state index contributed by atoms with van der Waals surface area (Å²) in [6, 6.07) is 9.20. The molecule has 0 fully saturated rings. The highest BCUT2D eigenvalue weighted by Gasteiger charge is 2.22.